The molecule has 3 rings (SSSR count). The Balaban J connectivity index is 1.63. The molecule has 1 aromatic rings. The summed E-state index contributed by atoms with van der Waals surface area (Å²) < 4.78 is 31.5. The lowest BCUT2D eigenvalue weighted by Gasteiger charge is -2.36. The SMILES string of the molecule is C[C@H]1CCN2CN=C(OCc3ccc(F)c(F)c3)C=C2N1. The Kier molecular flexibility index (Phi) is 3.77. The molecule has 1 aromatic carbocycles. The van der Waals surface area contributed by atoms with Crippen molar-refractivity contribution in [2.75, 3.05) is 13.2 Å². The molecule has 2 aliphatic rings. The van der Waals surface area contributed by atoms with Gasteiger partial charge in [-0.15, -0.1) is 0 Å². The number of fused-ring (bicyclic) bond motifs is 1. The lowest BCUT2D eigenvalue weighted by atomic mass is 10.1. The molecule has 1 fully saturated rings. The zero-order chi connectivity index (χ0) is 14.8. The molecular formula is C15H17F2N3O. The van der Waals surface area contributed by atoms with Crippen LogP contribution in [0.15, 0.2) is 35.1 Å². The van der Waals surface area contributed by atoms with Crippen molar-refractivity contribution in [3.05, 3.63) is 47.3 Å². The Labute approximate surface area is 122 Å². The highest BCUT2D eigenvalue weighted by molar-refractivity contribution is 5.88. The van der Waals surface area contributed by atoms with Crippen LogP contribution in [0.4, 0.5) is 8.78 Å². The van der Waals surface area contributed by atoms with Gasteiger partial charge in [-0.25, -0.2) is 13.8 Å². The monoisotopic (exact) mass is 293 g/mol. The van der Waals surface area contributed by atoms with Gasteiger partial charge in [0, 0.05) is 18.7 Å². The van der Waals surface area contributed by atoms with Crippen LogP contribution in [0.2, 0.25) is 0 Å². The molecule has 2 heterocycles. The molecule has 0 saturated carbocycles. The molecule has 0 aliphatic carbocycles. The Morgan fingerprint density at radius 1 is 1.38 bits per heavy atom. The van der Waals surface area contributed by atoms with Crippen LogP contribution >= 0.6 is 0 Å². The van der Waals surface area contributed by atoms with Crippen molar-refractivity contribution in [1.29, 1.82) is 0 Å². The first-order valence-corrected chi connectivity index (χ1v) is 6.96. The zero-order valence-electron chi connectivity index (χ0n) is 11.8. The second-order valence-electron chi connectivity index (χ2n) is 5.30. The van der Waals surface area contributed by atoms with Crippen molar-refractivity contribution in [2.45, 2.75) is 26.0 Å². The number of aliphatic imine (C=N–C) groups is 1. The highest BCUT2D eigenvalue weighted by Crippen LogP contribution is 2.17. The van der Waals surface area contributed by atoms with Crippen molar-refractivity contribution in [3.63, 3.8) is 0 Å². The van der Waals surface area contributed by atoms with Crippen LogP contribution in [-0.2, 0) is 11.3 Å². The average molecular weight is 293 g/mol. The summed E-state index contributed by atoms with van der Waals surface area (Å²) in [6, 6.07) is 4.17. The van der Waals surface area contributed by atoms with E-state index in [0.717, 1.165) is 30.9 Å². The number of benzene rings is 1. The van der Waals surface area contributed by atoms with Crippen molar-refractivity contribution in [1.82, 2.24) is 10.2 Å². The van der Waals surface area contributed by atoms with Crippen LogP contribution in [0.5, 0.6) is 0 Å². The normalized spacial score (nSPS) is 21.1. The summed E-state index contributed by atoms with van der Waals surface area (Å²) >= 11 is 0. The maximum Gasteiger partial charge on any atom is 0.214 e. The van der Waals surface area contributed by atoms with E-state index in [9.17, 15) is 8.78 Å². The van der Waals surface area contributed by atoms with Gasteiger partial charge >= 0.3 is 0 Å². The Morgan fingerprint density at radius 3 is 3.05 bits per heavy atom. The molecule has 112 valence electrons. The third-order valence-electron chi connectivity index (χ3n) is 3.60. The summed E-state index contributed by atoms with van der Waals surface area (Å²) in [4.78, 5) is 6.47. The van der Waals surface area contributed by atoms with E-state index in [2.05, 4.69) is 22.1 Å². The minimum atomic E-state index is -0.867. The quantitative estimate of drug-likeness (QED) is 0.909. The van der Waals surface area contributed by atoms with E-state index >= 15 is 0 Å². The number of rotatable bonds is 2. The van der Waals surface area contributed by atoms with Gasteiger partial charge in [0.15, 0.2) is 11.6 Å². The van der Waals surface area contributed by atoms with E-state index in [4.69, 9.17) is 4.74 Å². The van der Waals surface area contributed by atoms with Crippen LogP contribution in [0, 0.1) is 11.6 Å². The standard InChI is InChI=1S/C15H17F2N3O/c1-10-4-5-20-9-18-15(7-14(20)19-10)21-8-11-2-3-12(16)13(17)6-11/h2-3,6-7,10,19H,4-5,8-9H2,1H3/t10-/m0/s1. The summed E-state index contributed by atoms with van der Waals surface area (Å²) in [5.74, 6) is -0.211. The topological polar surface area (TPSA) is 36.9 Å². The van der Waals surface area contributed by atoms with E-state index in [0.29, 0.717) is 24.2 Å². The van der Waals surface area contributed by atoms with Crippen molar-refractivity contribution < 1.29 is 13.5 Å². The zero-order valence-corrected chi connectivity index (χ0v) is 11.8. The summed E-state index contributed by atoms with van der Waals surface area (Å²) in [7, 11) is 0. The van der Waals surface area contributed by atoms with Gasteiger partial charge in [0.1, 0.15) is 19.1 Å². The predicted octanol–water partition coefficient (Wildman–Crippen LogP) is 2.38. The van der Waals surface area contributed by atoms with Gasteiger partial charge in [-0.05, 0) is 31.0 Å². The van der Waals surface area contributed by atoms with Crippen molar-refractivity contribution in [2.24, 2.45) is 4.99 Å². The minimum absolute atomic E-state index is 0.162. The summed E-state index contributed by atoms with van der Waals surface area (Å²) in [6.45, 7) is 3.82. The van der Waals surface area contributed by atoms with Crippen LogP contribution < -0.4 is 5.32 Å². The van der Waals surface area contributed by atoms with Crippen molar-refractivity contribution >= 4 is 5.90 Å². The largest absolute Gasteiger partial charge is 0.473 e. The molecule has 6 heteroatoms. The molecule has 1 N–H and O–H groups in total. The molecule has 4 nitrogen and oxygen atoms in total. The molecule has 1 saturated heterocycles. The molecule has 2 aliphatic heterocycles. The molecule has 0 amide bonds. The van der Waals surface area contributed by atoms with E-state index in [-0.39, 0.29) is 6.61 Å². The number of hydrogen-bond donors (Lipinski definition) is 1. The molecule has 21 heavy (non-hydrogen) atoms. The third kappa shape index (κ3) is 3.15. The first kappa shape index (κ1) is 13.9. The molecular weight excluding hydrogens is 276 g/mol. The predicted molar refractivity (Wildman–Crippen MR) is 75.5 cm³/mol. The van der Waals surface area contributed by atoms with Crippen molar-refractivity contribution in [3.8, 4) is 0 Å². The second kappa shape index (κ2) is 5.71. The van der Waals surface area contributed by atoms with Gasteiger partial charge in [0.05, 0.1) is 0 Å². The van der Waals surface area contributed by atoms with E-state index in [1.807, 2.05) is 6.08 Å². The number of halogens is 2. The van der Waals surface area contributed by atoms with E-state index < -0.39 is 11.6 Å². The van der Waals surface area contributed by atoms with Gasteiger partial charge in [-0.2, -0.15) is 0 Å². The molecule has 1 atom stereocenters. The first-order chi connectivity index (χ1) is 10.1. The molecule has 0 bridgehead atoms. The highest BCUT2D eigenvalue weighted by Gasteiger charge is 2.22. The van der Waals surface area contributed by atoms with Crippen LogP contribution in [0.1, 0.15) is 18.9 Å². The van der Waals surface area contributed by atoms with Crippen LogP contribution in [-0.4, -0.2) is 30.1 Å². The fraction of sp³-hybridized carbons (Fsp3) is 0.400. The summed E-state index contributed by atoms with van der Waals surface area (Å²) in [5, 5.41) is 3.38. The average Bonchev–Trinajstić information content (AvgIpc) is 2.48. The molecule has 0 unspecified atom stereocenters. The second-order valence-corrected chi connectivity index (χ2v) is 5.30. The smallest absolute Gasteiger partial charge is 0.214 e. The lowest BCUT2D eigenvalue weighted by Crippen LogP contribution is -2.46. The van der Waals surface area contributed by atoms with E-state index in [1.165, 1.54) is 6.07 Å². The Morgan fingerprint density at radius 2 is 2.24 bits per heavy atom. The highest BCUT2D eigenvalue weighted by atomic mass is 19.2. The van der Waals surface area contributed by atoms with Gasteiger partial charge in [-0.3, -0.25) is 0 Å². The van der Waals surface area contributed by atoms with Gasteiger partial charge in [0.25, 0.3) is 0 Å². The number of nitrogens with one attached hydrogen (secondary N) is 1. The number of nitrogens with zero attached hydrogens (tertiary/aromatic N) is 2. The number of hydrogen-bond acceptors (Lipinski definition) is 4. The summed E-state index contributed by atoms with van der Waals surface area (Å²) in [5.41, 5.74) is 0.572. The Bertz CT molecular complexity index is 601. The Hall–Kier alpha value is -2.11. The third-order valence-corrected chi connectivity index (χ3v) is 3.60. The molecule has 0 spiro atoms. The van der Waals surface area contributed by atoms with Gasteiger partial charge in [0.2, 0.25) is 5.90 Å². The van der Waals surface area contributed by atoms with Gasteiger partial charge < -0.3 is 15.0 Å². The van der Waals surface area contributed by atoms with Crippen LogP contribution in [0.3, 0.4) is 0 Å². The lowest BCUT2D eigenvalue weighted by molar-refractivity contribution is 0.238. The first-order valence-electron chi connectivity index (χ1n) is 6.96. The van der Waals surface area contributed by atoms with Crippen LogP contribution in [0.25, 0.3) is 0 Å². The number of ether oxygens (including phenoxy) is 1. The summed E-state index contributed by atoms with van der Waals surface area (Å²) in [6.07, 6.45) is 2.93. The van der Waals surface area contributed by atoms with E-state index in [1.54, 1.807) is 0 Å². The fourth-order valence-electron chi connectivity index (χ4n) is 2.36. The minimum Gasteiger partial charge on any atom is -0.473 e. The molecule has 0 aromatic heterocycles. The van der Waals surface area contributed by atoms with Gasteiger partial charge in [-0.1, -0.05) is 6.07 Å². The maximum atomic E-state index is 13.1. The molecule has 0 radical (unpaired) electrons. The fourth-order valence-corrected chi connectivity index (χ4v) is 2.36. The maximum absolute atomic E-state index is 13.1.